The lowest BCUT2D eigenvalue weighted by Crippen LogP contribution is -2.43. The van der Waals surface area contributed by atoms with E-state index in [9.17, 15) is 4.79 Å². The predicted molar refractivity (Wildman–Crippen MR) is 69.3 cm³/mol. The summed E-state index contributed by atoms with van der Waals surface area (Å²) >= 11 is 6.01. The summed E-state index contributed by atoms with van der Waals surface area (Å²) in [4.78, 5) is 12.3. The van der Waals surface area contributed by atoms with Crippen molar-refractivity contribution in [1.29, 1.82) is 0 Å². The highest BCUT2D eigenvalue weighted by molar-refractivity contribution is 6.33. The van der Waals surface area contributed by atoms with E-state index >= 15 is 0 Å². The van der Waals surface area contributed by atoms with E-state index in [2.05, 4.69) is 5.10 Å². The van der Waals surface area contributed by atoms with Gasteiger partial charge in [0.15, 0.2) is 5.78 Å². The van der Waals surface area contributed by atoms with Crippen LogP contribution < -0.4 is 5.73 Å². The fraction of sp³-hybridized carbons (Fsp3) is 0.667. The highest BCUT2D eigenvalue weighted by Gasteiger charge is 2.31. The molecular weight excluding hydrogens is 238 g/mol. The molecule has 96 valence electrons. The van der Waals surface area contributed by atoms with E-state index < -0.39 is 6.04 Å². The van der Waals surface area contributed by atoms with Gasteiger partial charge in [-0.1, -0.05) is 39.3 Å². The van der Waals surface area contributed by atoms with Crippen LogP contribution in [0.5, 0.6) is 0 Å². The van der Waals surface area contributed by atoms with Crippen LogP contribution in [0.4, 0.5) is 0 Å². The summed E-state index contributed by atoms with van der Waals surface area (Å²) in [5, 5.41) is 4.48. The molecule has 0 saturated carbocycles. The number of carbonyl (C=O) groups is 1. The molecule has 0 fully saturated rings. The normalized spacial score (nSPS) is 13.8. The van der Waals surface area contributed by atoms with Crippen LogP contribution in [0.25, 0.3) is 0 Å². The molecule has 1 rings (SSSR count). The lowest BCUT2D eigenvalue weighted by molar-refractivity contribution is 0.0890. The number of nitrogens with zero attached hydrogens (tertiary/aromatic N) is 2. The number of rotatable bonds is 4. The van der Waals surface area contributed by atoms with Crippen LogP contribution >= 0.6 is 11.6 Å². The Labute approximate surface area is 107 Å². The Balaban J connectivity index is 3.07. The number of hydrogen-bond donors (Lipinski definition) is 1. The quantitative estimate of drug-likeness (QED) is 0.843. The molecule has 2 N–H and O–H groups in total. The molecule has 0 aliphatic rings. The molecule has 1 heterocycles. The molecule has 0 radical (unpaired) electrons. The first-order chi connectivity index (χ1) is 7.79. The lowest BCUT2D eigenvalue weighted by Gasteiger charge is -2.25. The lowest BCUT2D eigenvalue weighted by atomic mass is 9.84. The zero-order chi connectivity index (χ0) is 13.2. The number of Topliss-reactive ketones (excluding diaryl/α,β-unsaturated/α-hetero) is 1. The number of nitrogens with two attached hydrogens (primary N) is 1. The first kappa shape index (κ1) is 14.2. The predicted octanol–water partition coefficient (Wildman–Crippen LogP) is 2.50. The smallest absolute Gasteiger partial charge is 0.199 e. The van der Waals surface area contributed by atoms with Crippen molar-refractivity contribution < 1.29 is 4.79 Å². The zero-order valence-electron chi connectivity index (χ0n) is 10.8. The molecule has 4 nitrogen and oxygen atoms in total. The fourth-order valence-corrected chi connectivity index (χ4v) is 1.76. The van der Waals surface area contributed by atoms with E-state index in [1.807, 2.05) is 27.7 Å². The Morgan fingerprint density at radius 2 is 2.18 bits per heavy atom. The molecule has 1 aromatic heterocycles. The molecule has 0 aliphatic carbocycles. The monoisotopic (exact) mass is 257 g/mol. The molecule has 0 aromatic carbocycles. The molecule has 1 unspecified atom stereocenters. The average Bonchev–Trinajstić information content (AvgIpc) is 2.57. The standard InChI is InChI=1S/C12H20ClN3O/c1-5-6-16-9(8(13)7-15-16)10(17)11(14)12(2,3)4/h7,11H,5-6,14H2,1-4H3. The van der Waals surface area contributed by atoms with Gasteiger partial charge in [0.25, 0.3) is 0 Å². The zero-order valence-corrected chi connectivity index (χ0v) is 11.6. The van der Waals surface area contributed by atoms with Gasteiger partial charge in [0.05, 0.1) is 17.3 Å². The Morgan fingerprint density at radius 3 is 2.65 bits per heavy atom. The molecule has 0 amide bonds. The molecular formula is C12H20ClN3O. The minimum Gasteiger partial charge on any atom is -0.321 e. The van der Waals surface area contributed by atoms with Crippen LogP contribution in [0.2, 0.25) is 5.02 Å². The highest BCUT2D eigenvalue weighted by Crippen LogP contribution is 2.24. The second-order valence-corrected chi connectivity index (χ2v) is 5.68. The maximum absolute atomic E-state index is 12.3. The number of halogens is 1. The Kier molecular flexibility index (Phi) is 4.33. The number of carbonyl (C=O) groups excluding carboxylic acids is 1. The van der Waals surface area contributed by atoms with Crippen molar-refractivity contribution in [3.05, 3.63) is 16.9 Å². The summed E-state index contributed by atoms with van der Waals surface area (Å²) in [6, 6.07) is -0.577. The molecule has 0 saturated heterocycles. The van der Waals surface area contributed by atoms with Crippen molar-refractivity contribution in [2.45, 2.75) is 46.7 Å². The largest absolute Gasteiger partial charge is 0.321 e. The molecule has 0 bridgehead atoms. The summed E-state index contributed by atoms with van der Waals surface area (Å²) in [6.07, 6.45) is 2.39. The van der Waals surface area contributed by atoms with Gasteiger partial charge in [-0.2, -0.15) is 5.10 Å². The van der Waals surface area contributed by atoms with Gasteiger partial charge in [-0.05, 0) is 11.8 Å². The summed E-state index contributed by atoms with van der Waals surface area (Å²) in [5.74, 6) is -0.145. The Hall–Kier alpha value is -0.870. The number of aryl methyl sites for hydroxylation is 1. The molecule has 0 aliphatic heterocycles. The van der Waals surface area contributed by atoms with Crippen molar-refractivity contribution in [2.24, 2.45) is 11.1 Å². The van der Waals surface area contributed by atoms with Crippen molar-refractivity contribution in [2.75, 3.05) is 0 Å². The van der Waals surface area contributed by atoms with Gasteiger partial charge >= 0.3 is 0 Å². The minimum atomic E-state index is -0.577. The van der Waals surface area contributed by atoms with E-state index in [0.29, 0.717) is 17.3 Å². The van der Waals surface area contributed by atoms with Gasteiger partial charge in [0.2, 0.25) is 0 Å². The van der Waals surface area contributed by atoms with Gasteiger partial charge in [-0.25, -0.2) is 0 Å². The van der Waals surface area contributed by atoms with Crippen LogP contribution in [0.1, 0.15) is 44.6 Å². The van der Waals surface area contributed by atoms with Crippen molar-refractivity contribution in [3.63, 3.8) is 0 Å². The van der Waals surface area contributed by atoms with Crippen LogP contribution in [-0.2, 0) is 6.54 Å². The van der Waals surface area contributed by atoms with Gasteiger partial charge in [0.1, 0.15) is 5.69 Å². The Bertz CT molecular complexity index is 406. The SMILES string of the molecule is CCCn1ncc(Cl)c1C(=O)C(N)C(C)(C)C. The average molecular weight is 258 g/mol. The van der Waals surface area contributed by atoms with Crippen LogP contribution in [0.15, 0.2) is 6.20 Å². The van der Waals surface area contributed by atoms with Crippen molar-refractivity contribution in [3.8, 4) is 0 Å². The molecule has 1 atom stereocenters. The minimum absolute atomic E-state index is 0.145. The van der Waals surface area contributed by atoms with Crippen LogP contribution in [-0.4, -0.2) is 21.6 Å². The van der Waals surface area contributed by atoms with Gasteiger partial charge in [-0.15, -0.1) is 0 Å². The second kappa shape index (κ2) is 5.19. The van der Waals surface area contributed by atoms with E-state index in [-0.39, 0.29) is 11.2 Å². The van der Waals surface area contributed by atoms with E-state index in [1.54, 1.807) is 4.68 Å². The van der Waals surface area contributed by atoms with Gasteiger partial charge < -0.3 is 5.73 Å². The van der Waals surface area contributed by atoms with Crippen LogP contribution in [0.3, 0.4) is 0 Å². The Morgan fingerprint density at radius 1 is 1.59 bits per heavy atom. The number of ketones is 1. The molecule has 17 heavy (non-hydrogen) atoms. The molecule has 0 spiro atoms. The van der Waals surface area contributed by atoms with Crippen molar-refractivity contribution in [1.82, 2.24) is 9.78 Å². The third-order valence-corrected chi connectivity index (χ3v) is 2.96. The van der Waals surface area contributed by atoms with Gasteiger partial charge in [-0.3, -0.25) is 9.48 Å². The van der Waals surface area contributed by atoms with E-state index in [1.165, 1.54) is 6.20 Å². The summed E-state index contributed by atoms with van der Waals surface area (Å²) < 4.78 is 1.64. The summed E-state index contributed by atoms with van der Waals surface area (Å²) in [5.41, 5.74) is 6.11. The molecule has 5 heteroatoms. The first-order valence-corrected chi connectivity index (χ1v) is 6.18. The molecule has 1 aromatic rings. The third-order valence-electron chi connectivity index (χ3n) is 2.68. The fourth-order valence-electron chi connectivity index (χ4n) is 1.53. The maximum Gasteiger partial charge on any atom is 0.199 e. The number of aromatic nitrogens is 2. The van der Waals surface area contributed by atoms with Crippen LogP contribution in [0, 0.1) is 5.41 Å². The summed E-state index contributed by atoms with van der Waals surface area (Å²) in [7, 11) is 0. The van der Waals surface area contributed by atoms with Crippen molar-refractivity contribution >= 4 is 17.4 Å². The van der Waals surface area contributed by atoms with E-state index in [4.69, 9.17) is 17.3 Å². The first-order valence-electron chi connectivity index (χ1n) is 5.80. The van der Waals surface area contributed by atoms with E-state index in [0.717, 1.165) is 6.42 Å². The topological polar surface area (TPSA) is 60.9 Å². The highest BCUT2D eigenvalue weighted by atomic mass is 35.5. The maximum atomic E-state index is 12.3. The third kappa shape index (κ3) is 3.07. The second-order valence-electron chi connectivity index (χ2n) is 5.27. The number of hydrogen-bond acceptors (Lipinski definition) is 3. The summed E-state index contributed by atoms with van der Waals surface area (Å²) in [6.45, 7) is 8.50. The van der Waals surface area contributed by atoms with Gasteiger partial charge in [0, 0.05) is 6.54 Å².